The van der Waals surface area contributed by atoms with E-state index in [-0.39, 0.29) is 10.8 Å². The van der Waals surface area contributed by atoms with Gasteiger partial charge in [-0.1, -0.05) is 53.4 Å². The Morgan fingerprint density at radius 2 is 2.13 bits per heavy atom. The lowest BCUT2D eigenvalue weighted by Crippen LogP contribution is -2.16. The summed E-state index contributed by atoms with van der Waals surface area (Å²) in [5.41, 5.74) is -0.526. The lowest BCUT2D eigenvalue weighted by atomic mass is 10.2. The zero-order chi connectivity index (χ0) is 16.4. The second kappa shape index (κ2) is 6.34. The predicted molar refractivity (Wildman–Crippen MR) is 86.3 cm³/mol. The maximum absolute atomic E-state index is 11.8. The number of methoxy groups -OCH3 is 1. The molecule has 0 fully saturated rings. The molecule has 23 heavy (non-hydrogen) atoms. The van der Waals surface area contributed by atoms with Crippen LogP contribution in [0, 0.1) is 10.1 Å². The number of fused-ring (bicyclic) bond motifs is 1. The van der Waals surface area contributed by atoms with E-state index in [1.807, 2.05) is 30.3 Å². The zero-order valence-electron chi connectivity index (χ0n) is 11.8. The molecule has 0 aliphatic rings. The standard InChI is InChI=1S/C13H10N4O4S2/c1-21-11-9(17(19)20)10(18)14-12-16(11)15-13(23-12)22-7-8-5-3-2-4-6-8/h2-6H,7H2,1H3. The normalized spacial score (nSPS) is 10.8. The molecule has 0 N–H and O–H groups in total. The molecule has 0 saturated carbocycles. The van der Waals surface area contributed by atoms with Gasteiger partial charge in [0.15, 0.2) is 4.34 Å². The Hall–Kier alpha value is -2.46. The molecule has 2 aromatic heterocycles. The van der Waals surface area contributed by atoms with Crippen LogP contribution in [-0.2, 0) is 5.75 Å². The molecule has 0 aliphatic heterocycles. The third kappa shape index (κ3) is 3.03. The van der Waals surface area contributed by atoms with Crippen molar-refractivity contribution in [2.75, 3.05) is 7.11 Å². The number of nitrogens with zero attached hydrogens (tertiary/aromatic N) is 4. The van der Waals surface area contributed by atoms with Crippen molar-refractivity contribution in [2.24, 2.45) is 0 Å². The van der Waals surface area contributed by atoms with Gasteiger partial charge in [-0.05, 0) is 5.56 Å². The minimum Gasteiger partial charge on any atom is -0.476 e. The van der Waals surface area contributed by atoms with E-state index in [2.05, 4.69) is 10.1 Å². The molecule has 0 unspecified atom stereocenters. The lowest BCUT2D eigenvalue weighted by Gasteiger charge is -2.01. The first-order valence-corrected chi connectivity index (χ1v) is 8.19. The number of aromatic nitrogens is 3. The summed E-state index contributed by atoms with van der Waals surface area (Å²) in [6.07, 6.45) is 0. The Bertz CT molecular complexity index is 923. The molecule has 10 heteroatoms. The zero-order valence-corrected chi connectivity index (χ0v) is 13.5. The first kappa shape index (κ1) is 15.4. The average molecular weight is 350 g/mol. The van der Waals surface area contributed by atoms with E-state index >= 15 is 0 Å². The molecule has 2 heterocycles. The van der Waals surface area contributed by atoms with Crippen molar-refractivity contribution in [3.8, 4) is 5.88 Å². The van der Waals surface area contributed by atoms with E-state index in [4.69, 9.17) is 4.74 Å². The van der Waals surface area contributed by atoms with Gasteiger partial charge >= 0.3 is 17.1 Å². The molecular weight excluding hydrogens is 340 g/mol. The van der Waals surface area contributed by atoms with Gasteiger partial charge in [0.25, 0.3) is 0 Å². The van der Waals surface area contributed by atoms with E-state index in [9.17, 15) is 14.9 Å². The van der Waals surface area contributed by atoms with Gasteiger partial charge in [0, 0.05) is 5.75 Å². The molecule has 3 aromatic rings. The van der Waals surface area contributed by atoms with Crippen molar-refractivity contribution in [3.63, 3.8) is 0 Å². The van der Waals surface area contributed by atoms with E-state index in [1.165, 1.54) is 34.7 Å². The van der Waals surface area contributed by atoms with Crippen LogP contribution < -0.4 is 10.3 Å². The first-order chi connectivity index (χ1) is 11.1. The highest BCUT2D eigenvalue weighted by molar-refractivity contribution is 8.00. The van der Waals surface area contributed by atoms with Crippen LogP contribution in [0.2, 0.25) is 0 Å². The first-order valence-electron chi connectivity index (χ1n) is 6.39. The maximum Gasteiger partial charge on any atom is 0.397 e. The largest absolute Gasteiger partial charge is 0.476 e. The Balaban J connectivity index is 1.98. The van der Waals surface area contributed by atoms with Gasteiger partial charge in [-0.2, -0.15) is 9.50 Å². The van der Waals surface area contributed by atoms with E-state index in [0.29, 0.717) is 10.1 Å². The summed E-state index contributed by atoms with van der Waals surface area (Å²) in [5.74, 6) is 0.475. The smallest absolute Gasteiger partial charge is 0.397 e. The van der Waals surface area contributed by atoms with Crippen molar-refractivity contribution in [1.82, 2.24) is 14.6 Å². The van der Waals surface area contributed by atoms with E-state index in [0.717, 1.165) is 5.56 Å². The van der Waals surface area contributed by atoms with Crippen LogP contribution in [0.3, 0.4) is 0 Å². The van der Waals surface area contributed by atoms with Crippen LogP contribution in [0.5, 0.6) is 5.88 Å². The SMILES string of the molecule is COc1c([N+](=O)[O-])c(=O)nc2sc(SCc3ccccc3)nn12. The molecule has 118 valence electrons. The van der Waals surface area contributed by atoms with Gasteiger partial charge in [-0.3, -0.25) is 14.9 Å². The Morgan fingerprint density at radius 3 is 2.78 bits per heavy atom. The molecular formula is C13H10N4O4S2. The van der Waals surface area contributed by atoms with Crippen molar-refractivity contribution in [1.29, 1.82) is 0 Å². The fraction of sp³-hybridized carbons (Fsp3) is 0.154. The van der Waals surface area contributed by atoms with Crippen LogP contribution in [0.25, 0.3) is 4.96 Å². The summed E-state index contributed by atoms with van der Waals surface area (Å²) in [6.45, 7) is 0. The number of thioether (sulfide) groups is 1. The van der Waals surface area contributed by atoms with Crippen LogP contribution >= 0.6 is 23.1 Å². The third-order valence-electron chi connectivity index (χ3n) is 2.92. The van der Waals surface area contributed by atoms with Gasteiger partial charge in [0.05, 0.1) is 12.0 Å². The monoisotopic (exact) mass is 350 g/mol. The lowest BCUT2D eigenvalue weighted by molar-refractivity contribution is -0.387. The van der Waals surface area contributed by atoms with Crippen LogP contribution in [0.4, 0.5) is 5.69 Å². The van der Waals surface area contributed by atoms with Gasteiger partial charge in [0.2, 0.25) is 4.96 Å². The summed E-state index contributed by atoms with van der Waals surface area (Å²) in [6, 6.07) is 9.81. The Morgan fingerprint density at radius 1 is 1.39 bits per heavy atom. The summed E-state index contributed by atoms with van der Waals surface area (Å²) in [7, 11) is 1.25. The highest BCUT2D eigenvalue weighted by Crippen LogP contribution is 2.30. The summed E-state index contributed by atoms with van der Waals surface area (Å²) in [4.78, 5) is 25.9. The van der Waals surface area contributed by atoms with Gasteiger partial charge in [0.1, 0.15) is 0 Å². The van der Waals surface area contributed by atoms with E-state index < -0.39 is 16.2 Å². The van der Waals surface area contributed by atoms with Crippen LogP contribution in [0.1, 0.15) is 5.56 Å². The molecule has 0 saturated heterocycles. The summed E-state index contributed by atoms with van der Waals surface area (Å²) in [5, 5.41) is 15.3. The minimum atomic E-state index is -0.935. The molecule has 0 atom stereocenters. The molecule has 0 aliphatic carbocycles. The van der Waals surface area contributed by atoms with Crippen molar-refractivity contribution >= 4 is 33.7 Å². The molecule has 0 spiro atoms. The number of ether oxygens (including phenoxy) is 1. The molecule has 0 amide bonds. The molecule has 3 rings (SSSR count). The van der Waals surface area contributed by atoms with Gasteiger partial charge in [-0.15, -0.1) is 5.10 Å². The number of nitro groups is 1. The second-order valence-electron chi connectivity index (χ2n) is 4.37. The van der Waals surface area contributed by atoms with E-state index in [1.54, 1.807) is 0 Å². The quantitative estimate of drug-likeness (QED) is 0.395. The average Bonchev–Trinajstić information content (AvgIpc) is 2.94. The van der Waals surface area contributed by atoms with Crippen molar-refractivity contribution in [3.05, 3.63) is 56.4 Å². The number of benzene rings is 1. The topological polar surface area (TPSA) is 99.6 Å². The van der Waals surface area contributed by atoms with Crippen LogP contribution in [0.15, 0.2) is 39.5 Å². The minimum absolute atomic E-state index is 0.215. The van der Waals surface area contributed by atoms with Crippen molar-refractivity contribution < 1.29 is 9.66 Å². The highest BCUT2D eigenvalue weighted by Gasteiger charge is 2.26. The number of hydrogen-bond donors (Lipinski definition) is 0. The summed E-state index contributed by atoms with van der Waals surface area (Å²) < 4.78 is 6.82. The fourth-order valence-corrected chi connectivity index (χ4v) is 3.79. The van der Waals surface area contributed by atoms with Gasteiger partial charge in [-0.25, -0.2) is 0 Å². The maximum atomic E-state index is 11.8. The number of rotatable bonds is 5. The fourth-order valence-electron chi connectivity index (χ4n) is 1.92. The van der Waals surface area contributed by atoms with Crippen LogP contribution in [-0.4, -0.2) is 26.6 Å². The predicted octanol–water partition coefficient (Wildman–Crippen LogP) is 2.36. The highest BCUT2D eigenvalue weighted by atomic mass is 32.2. The number of hydrogen-bond acceptors (Lipinski definition) is 8. The Kier molecular flexibility index (Phi) is 4.26. The third-order valence-corrected chi connectivity index (χ3v) is 5.03. The molecule has 0 radical (unpaired) electrons. The van der Waals surface area contributed by atoms with Crippen molar-refractivity contribution in [2.45, 2.75) is 10.1 Å². The molecule has 1 aromatic carbocycles. The van der Waals surface area contributed by atoms with Gasteiger partial charge < -0.3 is 4.74 Å². The second-order valence-corrected chi connectivity index (χ2v) is 6.55. The summed E-state index contributed by atoms with van der Waals surface area (Å²) >= 11 is 2.64. The molecule has 8 nitrogen and oxygen atoms in total. The Labute approximate surface area is 137 Å². The molecule has 0 bridgehead atoms.